The topological polar surface area (TPSA) is 56.3 Å². The molecule has 1 saturated heterocycles. The van der Waals surface area contributed by atoms with E-state index in [2.05, 4.69) is 14.5 Å². The van der Waals surface area contributed by atoms with Crippen LogP contribution in [-0.2, 0) is 11.3 Å². The molecule has 1 aliphatic heterocycles. The number of hydrogen-bond donors (Lipinski definition) is 1. The van der Waals surface area contributed by atoms with Crippen LogP contribution in [0.25, 0.3) is 0 Å². The van der Waals surface area contributed by atoms with Gasteiger partial charge in [-0.05, 0) is 19.3 Å². The molecule has 1 aromatic rings. The summed E-state index contributed by atoms with van der Waals surface area (Å²) >= 11 is 0. The Morgan fingerprint density at radius 3 is 3.00 bits per heavy atom. The van der Waals surface area contributed by atoms with Crippen LogP contribution in [0, 0.1) is 0 Å². The molecule has 0 spiro atoms. The van der Waals surface area contributed by atoms with E-state index in [0.29, 0.717) is 12.1 Å². The number of imidazole rings is 1. The molecule has 5 nitrogen and oxygen atoms in total. The Hall–Kier alpha value is -0.910. The second-order valence-corrected chi connectivity index (χ2v) is 4.96. The Labute approximate surface area is 109 Å². The molecule has 0 saturated carbocycles. The van der Waals surface area contributed by atoms with E-state index in [1.807, 2.05) is 18.7 Å². The molecule has 18 heavy (non-hydrogen) atoms. The summed E-state index contributed by atoms with van der Waals surface area (Å²) in [4.78, 5) is 6.56. The average Bonchev–Trinajstić information content (AvgIpc) is 2.92. The molecule has 2 N–H and O–H groups in total. The molecule has 2 rings (SSSR count). The number of methoxy groups -OCH3 is 1. The van der Waals surface area contributed by atoms with Crippen LogP contribution in [0.2, 0.25) is 0 Å². The molecule has 0 amide bonds. The van der Waals surface area contributed by atoms with Crippen molar-refractivity contribution in [1.29, 1.82) is 0 Å². The van der Waals surface area contributed by atoms with Crippen molar-refractivity contribution in [3.63, 3.8) is 0 Å². The van der Waals surface area contributed by atoms with Gasteiger partial charge in [0.15, 0.2) is 0 Å². The first-order valence-corrected chi connectivity index (χ1v) is 6.76. The summed E-state index contributed by atoms with van der Waals surface area (Å²) in [6.07, 6.45) is 9.44. The Morgan fingerprint density at radius 2 is 2.33 bits per heavy atom. The van der Waals surface area contributed by atoms with E-state index in [1.165, 1.54) is 0 Å². The normalized spacial score (nSPS) is 25.4. The number of ether oxygens (including phenoxy) is 1. The van der Waals surface area contributed by atoms with Crippen molar-refractivity contribution in [2.75, 3.05) is 26.7 Å². The predicted molar refractivity (Wildman–Crippen MR) is 71.3 cm³/mol. The lowest BCUT2D eigenvalue weighted by Gasteiger charge is -2.38. The first-order valence-electron chi connectivity index (χ1n) is 6.76. The summed E-state index contributed by atoms with van der Waals surface area (Å²) in [5, 5.41) is 0. The number of aromatic nitrogens is 2. The third-order valence-electron chi connectivity index (χ3n) is 3.82. The molecule has 1 aromatic heterocycles. The number of nitrogens with zero attached hydrogens (tertiary/aromatic N) is 3. The zero-order valence-corrected chi connectivity index (χ0v) is 11.2. The molecule has 2 atom stereocenters. The summed E-state index contributed by atoms with van der Waals surface area (Å²) in [6, 6.07) is 0.478. The number of likely N-dealkylation sites (tertiary alicyclic amines) is 1. The van der Waals surface area contributed by atoms with E-state index in [1.54, 1.807) is 7.11 Å². The van der Waals surface area contributed by atoms with Gasteiger partial charge in [0.05, 0.1) is 12.4 Å². The van der Waals surface area contributed by atoms with Crippen LogP contribution in [0.15, 0.2) is 18.7 Å². The van der Waals surface area contributed by atoms with E-state index in [4.69, 9.17) is 10.5 Å². The Kier molecular flexibility index (Phi) is 5.16. The number of piperidine rings is 1. The molecule has 2 unspecified atom stereocenters. The zero-order valence-electron chi connectivity index (χ0n) is 11.2. The molecule has 5 heteroatoms. The van der Waals surface area contributed by atoms with Crippen molar-refractivity contribution in [2.24, 2.45) is 5.73 Å². The molecule has 0 aromatic carbocycles. The van der Waals surface area contributed by atoms with Gasteiger partial charge in [-0.15, -0.1) is 0 Å². The fourth-order valence-corrected chi connectivity index (χ4v) is 2.69. The highest BCUT2D eigenvalue weighted by molar-refractivity contribution is 4.83. The van der Waals surface area contributed by atoms with Gasteiger partial charge < -0.3 is 15.0 Å². The van der Waals surface area contributed by atoms with Gasteiger partial charge in [-0.2, -0.15) is 0 Å². The lowest BCUT2D eigenvalue weighted by atomic mass is 9.99. The zero-order chi connectivity index (χ0) is 12.8. The van der Waals surface area contributed by atoms with Crippen LogP contribution < -0.4 is 5.73 Å². The molecule has 1 aliphatic rings. The third-order valence-corrected chi connectivity index (χ3v) is 3.82. The fraction of sp³-hybridized carbons (Fsp3) is 0.769. The first kappa shape index (κ1) is 13.5. The molecular weight excluding hydrogens is 228 g/mol. The Bertz CT molecular complexity index is 328. The number of rotatable bonds is 6. The molecule has 0 radical (unpaired) electrons. The van der Waals surface area contributed by atoms with Crippen molar-refractivity contribution >= 4 is 0 Å². The van der Waals surface area contributed by atoms with Gasteiger partial charge in [-0.3, -0.25) is 4.90 Å². The van der Waals surface area contributed by atoms with Crippen LogP contribution >= 0.6 is 0 Å². The van der Waals surface area contributed by atoms with Crippen molar-refractivity contribution in [1.82, 2.24) is 14.5 Å². The highest BCUT2D eigenvalue weighted by Crippen LogP contribution is 2.19. The lowest BCUT2D eigenvalue weighted by Crippen LogP contribution is -2.48. The van der Waals surface area contributed by atoms with Crippen LogP contribution in [0.1, 0.15) is 19.3 Å². The van der Waals surface area contributed by atoms with E-state index < -0.39 is 0 Å². The maximum Gasteiger partial charge on any atom is 0.0945 e. The summed E-state index contributed by atoms with van der Waals surface area (Å²) < 4.78 is 7.56. The fourth-order valence-electron chi connectivity index (χ4n) is 2.69. The molecule has 1 fully saturated rings. The second-order valence-electron chi connectivity index (χ2n) is 4.96. The Balaban J connectivity index is 1.74. The number of aryl methyl sites for hydroxylation is 1. The predicted octanol–water partition coefficient (Wildman–Crippen LogP) is 0.711. The maximum atomic E-state index is 5.86. The monoisotopic (exact) mass is 252 g/mol. The second kappa shape index (κ2) is 6.87. The largest absolute Gasteiger partial charge is 0.381 e. The van der Waals surface area contributed by atoms with Gasteiger partial charge >= 0.3 is 0 Å². The third kappa shape index (κ3) is 3.54. The van der Waals surface area contributed by atoms with E-state index in [-0.39, 0.29) is 0 Å². The van der Waals surface area contributed by atoms with Gasteiger partial charge in [-0.25, -0.2) is 4.98 Å². The molecule has 102 valence electrons. The summed E-state index contributed by atoms with van der Waals surface area (Å²) in [5.41, 5.74) is 5.86. The van der Waals surface area contributed by atoms with E-state index >= 15 is 0 Å². The first-order chi connectivity index (χ1) is 8.83. The van der Waals surface area contributed by atoms with Gasteiger partial charge in [0, 0.05) is 51.7 Å². The summed E-state index contributed by atoms with van der Waals surface area (Å²) in [5.74, 6) is 0. The quantitative estimate of drug-likeness (QED) is 0.810. The standard InChI is InChI=1S/C13H24N4O/c1-18-13-3-7-17(12(9-13)10-14)6-2-5-16-8-4-15-11-16/h4,8,11-13H,2-3,5-7,9-10,14H2,1H3. The molecule has 2 heterocycles. The smallest absolute Gasteiger partial charge is 0.0945 e. The van der Waals surface area contributed by atoms with Gasteiger partial charge in [0.1, 0.15) is 0 Å². The summed E-state index contributed by atoms with van der Waals surface area (Å²) in [7, 11) is 1.80. The van der Waals surface area contributed by atoms with Crippen LogP contribution in [0.3, 0.4) is 0 Å². The van der Waals surface area contributed by atoms with Crippen molar-refractivity contribution in [3.05, 3.63) is 18.7 Å². The van der Waals surface area contributed by atoms with Gasteiger partial charge in [0.25, 0.3) is 0 Å². The average molecular weight is 252 g/mol. The van der Waals surface area contributed by atoms with Crippen LogP contribution in [0.5, 0.6) is 0 Å². The Morgan fingerprint density at radius 1 is 1.44 bits per heavy atom. The lowest BCUT2D eigenvalue weighted by molar-refractivity contribution is 0.0126. The van der Waals surface area contributed by atoms with Gasteiger partial charge in [-0.1, -0.05) is 0 Å². The maximum absolute atomic E-state index is 5.86. The molecular formula is C13H24N4O. The minimum Gasteiger partial charge on any atom is -0.381 e. The van der Waals surface area contributed by atoms with E-state index in [9.17, 15) is 0 Å². The van der Waals surface area contributed by atoms with Crippen molar-refractivity contribution < 1.29 is 4.74 Å². The molecule has 0 aliphatic carbocycles. The van der Waals surface area contributed by atoms with Crippen molar-refractivity contribution in [2.45, 2.75) is 38.0 Å². The minimum absolute atomic E-state index is 0.392. The van der Waals surface area contributed by atoms with Crippen LogP contribution in [0.4, 0.5) is 0 Å². The summed E-state index contributed by atoms with van der Waals surface area (Å²) in [6.45, 7) is 3.97. The number of hydrogen-bond acceptors (Lipinski definition) is 4. The van der Waals surface area contributed by atoms with Crippen molar-refractivity contribution in [3.8, 4) is 0 Å². The highest BCUT2D eigenvalue weighted by atomic mass is 16.5. The minimum atomic E-state index is 0.392. The van der Waals surface area contributed by atoms with Gasteiger partial charge in [0.2, 0.25) is 0 Å². The van der Waals surface area contributed by atoms with E-state index in [0.717, 1.165) is 45.4 Å². The number of nitrogens with two attached hydrogens (primary N) is 1. The highest BCUT2D eigenvalue weighted by Gasteiger charge is 2.26. The molecule has 0 bridgehead atoms. The SMILES string of the molecule is COC1CCN(CCCn2ccnc2)C(CN)C1. The van der Waals surface area contributed by atoms with Crippen LogP contribution in [-0.4, -0.2) is 53.3 Å².